The van der Waals surface area contributed by atoms with Crippen LogP contribution < -0.4 is 5.56 Å². The van der Waals surface area contributed by atoms with Crippen molar-refractivity contribution in [1.29, 1.82) is 0 Å². The number of hydrogen-bond acceptors (Lipinski definition) is 3. The largest absolute Gasteiger partial charge is 0.298 e. The lowest BCUT2D eigenvalue weighted by Gasteiger charge is -2.39. The lowest BCUT2D eigenvalue weighted by atomic mass is 9.99. The first-order valence-corrected chi connectivity index (χ1v) is 7.22. The van der Waals surface area contributed by atoms with Gasteiger partial charge in [0.25, 0.3) is 5.56 Å². The quantitative estimate of drug-likeness (QED) is 0.867. The highest BCUT2D eigenvalue weighted by molar-refractivity contribution is 5.18. The van der Waals surface area contributed by atoms with E-state index in [4.69, 9.17) is 0 Å². The summed E-state index contributed by atoms with van der Waals surface area (Å²) in [5.41, 5.74) is 1.34. The average molecular weight is 305 g/mol. The molecule has 0 unspecified atom stereocenters. The maximum atomic E-state index is 13.1. The van der Waals surface area contributed by atoms with E-state index in [1.807, 2.05) is 6.92 Å². The van der Waals surface area contributed by atoms with Crippen molar-refractivity contribution in [3.8, 4) is 0 Å². The Labute approximate surface area is 127 Å². The lowest BCUT2D eigenvalue weighted by Crippen LogP contribution is -2.48. The second kappa shape index (κ2) is 5.96. The zero-order valence-electron chi connectivity index (χ0n) is 12.3. The predicted octanol–water partition coefficient (Wildman–Crippen LogP) is 1.96. The summed E-state index contributed by atoms with van der Waals surface area (Å²) in [4.78, 5) is 13.8. The van der Waals surface area contributed by atoms with Crippen LogP contribution in [0.1, 0.15) is 11.3 Å². The Kier molecular flexibility index (Phi) is 4.02. The fourth-order valence-electron chi connectivity index (χ4n) is 2.81. The Bertz CT molecular complexity index is 718. The Morgan fingerprint density at radius 3 is 2.55 bits per heavy atom. The highest BCUT2D eigenvalue weighted by Gasteiger charge is 2.27. The predicted molar refractivity (Wildman–Crippen MR) is 78.4 cm³/mol. The molecule has 22 heavy (non-hydrogen) atoms. The van der Waals surface area contributed by atoms with Crippen molar-refractivity contribution in [2.75, 3.05) is 13.1 Å². The molecular formula is C16H17F2N3O. The van der Waals surface area contributed by atoms with Gasteiger partial charge in [0.1, 0.15) is 11.6 Å². The van der Waals surface area contributed by atoms with E-state index in [0.717, 1.165) is 24.8 Å². The van der Waals surface area contributed by atoms with Crippen molar-refractivity contribution < 1.29 is 8.78 Å². The molecule has 0 spiro atoms. The maximum Gasteiger partial charge on any atom is 0.266 e. The van der Waals surface area contributed by atoms with Crippen LogP contribution in [0.2, 0.25) is 0 Å². The summed E-state index contributed by atoms with van der Waals surface area (Å²) < 4.78 is 27.8. The molecule has 0 N–H and O–H groups in total. The summed E-state index contributed by atoms with van der Waals surface area (Å²) in [6.07, 6.45) is 0. The third-order valence-electron chi connectivity index (χ3n) is 3.79. The number of hydrogen-bond donors (Lipinski definition) is 0. The first-order chi connectivity index (χ1) is 10.5. The van der Waals surface area contributed by atoms with Gasteiger partial charge in [0, 0.05) is 37.7 Å². The zero-order chi connectivity index (χ0) is 15.7. The molecule has 3 rings (SSSR count). The van der Waals surface area contributed by atoms with Gasteiger partial charge in [-0.1, -0.05) is 0 Å². The Morgan fingerprint density at radius 1 is 1.18 bits per heavy atom. The van der Waals surface area contributed by atoms with E-state index in [0.29, 0.717) is 24.6 Å². The van der Waals surface area contributed by atoms with E-state index in [2.05, 4.69) is 10.00 Å². The van der Waals surface area contributed by atoms with Gasteiger partial charge >= 0.3 is 0 Å². The smallest absolute Gasteiger partial charge is 0.266 e. The van der Waals surface area contributed by atoms with Crippen LogP contribution in [0.3, 0.4) is 0 Å². The molecule has 0 aliphatic carbocycles. The van der Waals surface area contributed by atoms with Gasteiger partial charge in [-0.3, -0.25) is 9.69 Å². The van der Waals surface area contributed by atoms with Crippen LogP contribution >= 0.6 is 0 Å². The third kappa shape index (κ3) is 3.39. The van der Waals surface area contributed by atoms with Gasteiger partial charge in [-0.25, -0.2) is 13.5 Å². The topological polar surface area (TPSA) is 38.1 Å². The van der Waals surface area contributed by atoms with Gasteiger partial charge in [0.15, 0.2) is 0 Å². The van der Waals surface area contributed by atoms with Crippen LogP contribution in [0.5, 0.6) is 0 Å². The maximum absolute atomic E-state index is 13.1. The van der Waals surface area contributed by atoms with E-state index in [-0.39, 0.29) is 5.56 Å². The van der Waals surface area contributed by atoms with Crippen LogP contribution in [0.25, 0.3) is 0 Å². The highest BCUT2D eigenvalue weighted by Crippen LogP contribution is 2.20. The molecule has 0 saturated carbocycles. The van der Waals surface area contributed by atoms with Crippen molar-refractivity contribution in [2.45, 2.75) is 20.0 Å². The van der Waals surface area contributed by atoms with Gasteiger partial charge in [-0.15, -0.1) is 0 Å². The molecule has 116 valence electrons. The lowest BCUT2D eigenvalue weighted by molar-refractivity contribution is 0.0764. The fourth-order valence-corrected chi connectivity index (χ4v) is 2.81. The minimum Gasteiger partial charge on any atom is -0.298 e. The van der Waals surface area contributed by atoms with E-state index in [9.17, 15) is 13.6 Å². The summed E-state index contributed by atoms with van der Waals surface area (Å²) in [5.74, 6) is -0.768. The Balaban J connectivity index is 1.56. The van der Waals surface area contributed by atoms with Crippen LogP contribution in [-0.2, 0) is 13.1 Å². The Hall–Kier alpha value is -2.08. The summed E-state index contributed by atoms with van der Waals surface area (Å²) in [6, 6.07) is 6.79. The molecule has 1 saturated heterocycles. The molecule has 0 amide bonds. The van der Waals surface area contributed by atoms with Crippen LogP contribution in [-0.4, -0.2) is 27.8 Å². The van der Waals surface area contributed by atoms with Gasteiger partial charge in [0.05, 0.1) is 12.2 Å². The molecule has 1 aliphatic rings. The number of aryl methyl sites for hydroxylation is 1. The first kappa shape index (κ1) is 14.8. The fraction of sp³-hybridized carbons (Fsp3) is 0.375. The van der Waals surface area contributed by atoms with Gasteiger partial charge < -0.3 is 0 Å². The monoisotopic (exact) mass is 305 g/mol. The molecule has 1 fully saturated rings. The van der Waals surface area contributed by atoms with Gasteiger partial charge in [-0.2, -0.15) is 5.10 Å². The van der Waals surface area contributed by atoms with E-state index >= 15 is 0 Å². The number of halogens is 2. The van der Waals surface area contributed by atoms with Crippen molar-refractivity contribution >= 4 is 0 Å². The Morgan fingerprint density at radius 2 is 1.86 bits per heavy atom. The van der Waals surface area contributed by atoms with E-state index in [1.165, 1.54) is 22.9 Å². The van der Waals surface area contributed by atoms with Crippen molar-refractivity contribution in [2.24, 2.45) is 5.92 Å². The number of benzene rings is 1. The second-order valence-corrected chi connectivity index (χ2v) is 5.83. The van der Waals surface area contributed by atoms with Gasteiger partial charge in [-0.05, 0) is 30.7 Å². The average Bonchev–Trinajstić information content (AvgIpc) is 2.39. The van der Waals surface area contributed by atoms with Crippen molar-refractivity contribution in [1.82, 2.24) is 14.7 Å². The molecule has 2 aromatic rings. The first-order valence-electron chi connectivity index (χ1n) is 7.22. The molecule has 1 aromatic heterocycles. The molecule has 0 atom stereocenters. The number of likely N-dealkylation sites (tertiary alicyclic amines) is 1. The second-order valence-electron chi connectivity index (χ2n) is 5.83. The normalized spacial score (nSPS) is 15.8. The SMILES string of the molecule is Cc1ccc(=O)n(CC2CN(Cc3cc(F)cc(F)c3)C2)n1. The minimum absolute atomic E-state index is 0.101. The molecule has 6 heteroatoms. The summed E-state index contributed by atoms with van der Waals surface area (Å²) in [6.45, 7) is 4.53. The molecule has 0 radical (unpaired) electrons. The number of nitrogens with zero attached hydrogens (tertiary/aromatic N) is 3. The van der Waals surface area contributed by atoms with E-state index in [1.54, 1.807) is 6.07 Å². The number of rotatable bonds is 4. The van der Waals surface area contributed by atoms with E-state index < -0.39 is 11.6 Å². The molecular weight excluding hydrogens is 288 g/mol. The summed E-state index contributed by atoms with van der Waals surface area (Å²) >= 11 is 0. The minimum atomic E-state index is -0.553. The zero-order valence-corrected chi connectivity index (χ0v) is 12.3. The van der Waals surface area contributed by atoms with Crippen molar-refractivity contribution in [3.05, 3.63) is 63.6 Å². The third-order valence-corrected chi connectivity index (χ3v) is 3.79. The summed E-state index contributed by atoms with van der Waals surface area (Å²) in [7, 11) is 0. The van der Waals surface area contributed by atoms with Crippen molar-refractivity contribution in [3.63, 3.8) is 0 Å². The molecule has 1 aliphatic heterocycles. The standard InChI is InChI=1S/C16H17F2N3O/c1-11-2-3-16(22)21(19-11)10-13-8-20(9-13)7-12-4-14(17)6-15(18)5-12/h2-6,13H,7-10H2,1H3. The molecule has 4 nitrogen and oxygen atoms in total. The van der Waals surface area contributed by atoms with Crippen LogP contribution in [0.4, 0.5) is 8.78 Å². The molecule has 2 heterocycles. The summed E-state index contributed by atoms with van der Waals surface area (Å²) in [5, 5.41) is 4.21. The van der Waals surface area contributed by atoms with Crippen LogP contribution in [0.15, 0.2) is 35.1 Å². The van der Waals surface area contributed by atoms with Crippen LogP contribution in [0, 0.1) is 24.5 Å². The van der Waals surface area contributed by atoms with Gasteiger partial charge in [0.2, 0.25) is 0 Å². The molecule has 0 bridgehead atoms. The molecule has 1 aromatic carbocycles. The highest BCUT2D eigenvalue weighted by atomic mass is 19.1. The number of aromatic nitrogens is 2.